The minimum Gasteiger partial charge on any atom is -0.302 e. The van der Waals surface area contributed by atoms with Crippen LogP contribution in [0.25, 0.3) is 0 Å². The number of hydroxylamine groups is 2. The van der Waals surface area contributed by atoms with E-state index in [0.717, 1.165) is 13.1 Å². The van der Waals surface area contributed by atoms with Gasteiger partial charge in [-0.1, -0.05) is 39.5 Å². The van der Waals surface area contributed by atoms with Crippen LogP contribution >= 0.6 is 0 Å². The Morgan fingerprint density at radius 2 is 1.31 bits per heavy atom. The average molecular weight is 187 g/mol. The minimum atomic E-state index is 1.09. The summed E-state index contributed by atoms with van der Waals surface area (Å²) < 4.78 is 0. The van der Waals surface area contributed by atoms with Crippen molar-refractivity contribution in [1.82, 2.24) is 5.06 Å². The third-order valence-corrected chi connectivity index (χ3v) is 2.28. The molecule has 0 aromatic carbocycles. The van der Waals surface area contributed by atoms with Crippen LogP contribution in [-0.2, 0) is 4.84 Å². The summed E-state index contributed by atoms with van der Waals surface area (Å²) in [6, 6.07) is 0. The fraction of sp³-hybridized carbons (Fsp3) is 1.00. The molecule has 0 aromatic heterocycles. The Kier molecular flexibility index (Phi) is 9.94. The van der Waals surface area contributed by atoms with Crippen LogP contribution in [0.4, 0.5) is 0 Å². The zero-order valence-electron chi connectivity index (χ0n) is 9.51. The van der Waals surface area contributed by atoms with E-state index in [4.69, 9.17) is 4.84 Å². The number of hydrogen-bond acceptors (Lipinski definition) is 2. The predicted molar refractivity (Wildman–Crippen MR) is 57.6 cm³/mol. The highest BCUT2D eigenvalue weighted by Gasteiger charge is 2.01. The lowest BCUT2D eigenvalue weighted by atomic mass is 10.2. The monoisotopic (exact) mass is 187 g/mol. The van der Waals surface area contributed by atoms with Crippen molar-refractivity contribution in [1.29, 1.82) is 0 Å². The van der Waals surface area contributed by atoms with Crippen molar-refractivity contribution in [2.75, 3.05) is 20.2 Å². The Bertz CT molecular complexity index is 86.1. The fourth-order valence-electron chi connectivity index (χ4n) is 1.37. The van der Waals surface area contributed by atoms with Crippen molar-refractivity contribution >= 4 is 0 Å². The van der Waals surface area contributed by atoms with Gasteiger partial charge < -0.3 is 4.84 Å². The molecule has 0 saturated heterocycles. The van der Waals surface area contributed by atoms with Crippen molar-refractivity contribution in [3.05, 3.63) is 0 Å². The molecule has 80 valence electrons. The Labute approximate surface area is 83.2 Å². The molecule has 0 amide bonds. The molecule has 0 aliphatic carbocycles. The van der Waals surface area contributed by atoms with E-state index in [9.17, 15) is 0 Å². The van der Waals surface area contributed by atoms with Crippen LogP contribution in [0.2, 0.25) is 0 Å². The second-order valence-electron chi connectivity index (χ2n) is 3.53. The molecular formula is C11H25NO. The molecule has 0 rings (SSSR count). The molecular weight excluding hydrogens is 162 g/mol. The molecule has 0 heterocycles. The molecule has 2 nitrogen and oxygen atoms in total. The maximum absolute atomic E-state index is 5.28. The summed E-state index contributed by atoms with van der Waals surface area (Å²) in [6.45, 7) is 6.64. The molecule has 0 bridgehead atoms. The van der Waals surface area contributed by atoms with Crippen LogP contribution in [0, 0.1) is 0 Å². The lowest BCUT2D eigenvalue weighted by Gasteiger charge is -2.18. The van der Waals surface area contributed by atoms with Gasteiger partial charge in [0.25, 0.3) is 0 Å². The molecule has 0 aliphatic rings. The van der Waals surface area contributed by atoms with Crippen LogP contribution in [-0.4, -0.2) is 25.3 Å². The third kappa shape index (κ3) is 8.26. The van der Waals surface area contributed by atoms with Crippen molar-refractivity contribution in [3.8, 4) is 0 Å². The number of nitrogens with zero attached hydrogens (tertiary/aromatic N) is 1. The number of hydrogen-bond donors (Lipinski definition) is 0. The Hall–Kier alpha value is -0.0800. The van der Waals surface area contributed by atoms with Crippen molar-refractivity contribution in [3.63, 3.8) is 0 Å². The summed E-state index contributed by atoms with van der Waals surface area (Å²) in [5.74, 6) is 0. The van der Waals surface area contributed by atoms with E-state index in [1.165, 1.54) is 38.5 Å². The molecule has 0 aliphatic heterocycles. The van der Waals surface area contributed by atoms with E-state index in [2.05, 4.69) is 18.9 Å². The van der Waals surface area contributed by atoms with Crippen LogP contribution in [0.15, 0.2) is 0 Å². The first-order chi connectivity index (χ1) is 6.35. The molecule has 2 heteroatoms. The SMILES string of the molecule is CCCCCN(CCCCC)OC. The van der Waals surface area contributed by atoms with Gasteiger partial charge in [0, 0.05) is 13.1 Å². The molecule has 0 saturated carbocycles. The molecule has 0 spiro atoms. The first-order valence-corrected chi connectivity index (χ1v) is 5.64. The molecule has 0 unspecified atom stereocenters. The summed E-state index contributed by atoms with van der Waals surface area (Å²) in [5.41, 5.74) is 0. The highest BCUT2D eigenvalue weighted by molar-refractivity contribution is 4.48. The average Bonchev–Trinajstić information content (AvgIpc) is 2.16. The second kappa shape index (κ2) is 10.0. The Morgan fingerprint density at radius 3 is 1.62 bits per heavy atom. The van der Waals surface area contributed by atoms with Crippen LogP contribution in [0.1, 0.15) is 52.4 Å². The summed E-state index contributed by atoms with van der Waals surface area (Å²) in [5, 5.41) is 2.09. The molecule has 0 N–H and O–H groups in total. The third-order valence-electron chi connectivity index (χ3n) is 2.28. The quantitative estimate of drug-likeness (QED) is 0.406. The summed E-state index contributed by atoms with van der Waals surface area (Å²) in [4.78, 5) is 5.28. The van der Waals surface area contributed by atoms with Crippen molar-refractivity contribution in [2.24, 2.45) is 0 Å². The first-order valence-electron chi connectivity index (χ1n) is 5.64. The molecule has 13 heavy (non-hydrogen) atoms. The largest absolute Gasteiger partial charge is 0.302 e. The standard InChI is InChI=1S/C11H25NO/c1-4-6-8-10-12(13-3)11-9-7-5-2/h4-11H2,1-3H3. The summed E-state index contributed by atoms with van der Waals surface area (Å²) in [7, 11) is 1.78. The topological polar surface area (TPSA) is 12.5 Å². The van der Waals surface area contributed by atoms with Crippen molar-refractivity contribution < 1.29 is 4.84 Å². The fourth-order valence-corrected chi connectivity index (χ4v) is 1.37. The van der Waals surface area contributed by atoms with Gasteiger partial charge in [0.05, 0.1) is 7.11 Å². The van der Waals surface area contributed by atoms with Gasteiger partial charge in [-0.3, -0.25) is 0 Å². The Morgan fingerprint density at radius 1 is 0.846 bits per heavy atom. The molecule has 0 atom stereocenters. The normalized spacial score (nSPS) is 11.1. The first kappa shape index (κ1) is 12.9. The highest BCUT2D eigenvalue weighted by atomic mass is 16.7. The van der Waals surface area contributed by atoms with E-state index in [1.54, 1.807) is 7.11 Å². The maximum atomic E-state index is 5.28. The van der Waals surface area contributed by atoms with E-state index < -0.39 is 0 Å². The lowest BCUT2D eigenvalue weighted by molar-refractivity contribution is -0.132. The van der Waals surface area contributed by atoms with Gasteiger partial charge in [-0.25, -0.2) is 0 Å². The van der Waals surface area contributed by atoms with Crippen LogP contribution in [0.3, 0.4) is 0 Å². The number of unbranched alkanes of at least 4 members (excludes halogenated alkanes) is 4. The summed E-state index contributed by atoms with van der Waals surface area (Å²) >= 11 is 0. The highest BCUT2D eigenvalue weighted by Crippen LogP contribution is 2.02. The van der Waals surface area contributed by atoms with E-state index in [1.807, 2.05) is 0 Å². The van der Waals surface area contributed by atoms with Gasteiger partial charge >= 0.3 is 0 Å². The molecule has 0 fully saturated rings. The van der Waals surface area contributed by atoms with Gasteiger partial charge in [-0.05, 0) is 12.8 Å². The zero-order chi connectivity index (χ0) is 9.94. The van der Waals surface area contributed by atoms with E-state index >= 15 is 0 Å². The van der Waals surface area contributed by atoms with Crippen LogP contribution < -0.4 is 0 Å². The predicted octanol–water partition coefficient (Wildman–Crippen LogP) is 3.23. The van der Waals surface area contributed by atoms with Crippen LogP contribution in [0.5, 0.6) is 0 Å². The minimum absolute atomic E-state index is 1.09. The van der Waals surface area contributed by atoms with E-state index in [0.29, 0.717) is 0 Å². The Balaban J connectivity index is 3.28. The molecule has 0 radical (unpaired) electrons. The maximum Gasteiger partial charge on any atom is 0.0575 e. The van der Waals surface area contributed by atoms with Gasteiger partial charge in [0.1, 0.15) is 0 Å². The number of rotatable bonds is 9. The van der Waals surface area contributed by atoms with Crippen molar-refractivity contribution in [2.45, 2.75) is 52.4 Å². The summed E-state index contributed by atoms with van der Waals surface area (Å²) in [6.07, 6.45) is 7.72. The smallest absolute Gasteiger partial charge is 0.0575 e. The lowest BCUT2D eigenvalue weighted by Crippen LogP contribution is -2.24. The van der Waals surface area contributed by atoms with Gasteiger partial charge in [-0.2, -0.15) is 5.06 Å². The molecule has 0 aromatic rings. The zero-order valence-corrected chi connectivity index (χ0v) is 9.51. The van der Waals surface area contributed by atoms with Gasteiger partial charge in [0.2, 0.25) is 0 Å². The van der Waals surface area contributed by atoms with Gasteiger partial charge in [-0.15, -0.1) is 0 Å². The van der Waals surface area contributed by atoms with E-state index in [-0.39, 0.29) is 0 Å². The van der Waals surface area contributed by atoms with Gasteiger partial charge in [0.15, 0.2) is 0 Å². The second-order valence-corrected chi connectivity index (χ2v) is 3.53.